The quantitative estimate of drug-likeness (QED) is 0.372. The van der Waals surface area contributed by atoms with Gasteiger partial charge in [-0.05, 0) is 53.8 Å². The predicted octanol–water partition coefficient (Wildman–Crippen LogP) is 4.66. The highest BCUT2D eigenvalue weighted by Crippen LogP contribution is 2.32. The number of primary sulfonamides is 1. The van der Waals surface area contributed by atoms with E-state index < -0.39 is 21.9 Å². The van der Waals surface area contributed by atoms with Gasteiger partial charge in [-0.15, -0.1) is 0 Å². The highest BCUT2D eigenvalue weighted by Gasteiger charge is 2.37. The number of hydrogen-bond donors (Lipinski definition) is 3. The first-order chi connectivity index (χ1) is 17.6. The Morgan fingerprint density at radius 2 is 1.35 bits per heavy atom. The van der Waals surface area contributed by atoms with E-state index in [1.807, 2.05) is 12.1 Å². The normalized spacial score (nSPS) is 17.4. The molecule has 0 aliphatic heterocycles. The first-order valence-electron chi connectivity index (χ1n) is 11.8. The molecule has 0 radical (unpaired) electrons. The zero-order valence-electron chi connectivity index (χ0n) is 19.9. The molecule has 2 unspecified atom stereocenters. The zero-order valence-corrected chi connectivity index (χ0v) is 22.2. The maximum absolute atomic E-state index is 12.9. The van der Waals surface area contributed by atoms with Crippen LogP contribution in [0, 0.1) is 11.8 Å². The van der Waals surface area contributed by atoms with Crippen LogP contribution in [0.3, 0.4) is 0 Å². The number of amides is 2. The van der Waals surface area contributed by atoms with Gasteiger partial charge in [0, 0.05) is 40.5 Å². The van der Waals surface area contributed by atoms with Gasteiger partial charge in [0.05, 0.1) is 4.90 Å². The van der Waals surface area contributed by atoms with Crippen molar-refractivity contribution in [3.05, 3.63) is 87.9 Å². The monoisotopic (exact) mass is 559 g/mol. The van der Waals surface area contributed by atoms with Gasteiger partial charge < -0.3 is 10.6 Å². The molecule has 3 aromatic carbocycles. The number of hydrogen-bond acceptors (Lipinski definition) is 4. The van der Waals surface area contributed by atoms with Crippen LogP contribution in [0.5, 0.6) is 0 Å². The first kappa shape index (κ1) is 27.1. The van der Waals surface area contributed by atoms with Crippen molar-refractivity contribution in [1.29, 1.82) is 0 Å². The van der Waals surface area contributed by atoms with Crippen molar-refractivity contribution in [2.45, 2.75) is 37.2 Å². The number of carbonyl (C=O) groups excluding carboxylic acids is 2. The average Bonchev–Trinajstić information content (AvgIpc) is 3.35. The van der Waals surface area contributed by atoms with Crippen molar-refractivity contribution in [1.82, 2.24) is 10.6 Å². The minimum Gasteiger partial charge on any atom is -0.352 e. The smallest absolute Gasteiger partial charge is 0.238 e. The summed E-state index contributed by atoms with van der Waals surface area (Å²) in [5.74, 6) is -1.12. The van der Waals surface area contributed by atoms with Crippen molar-refractivity contribution >= 4 is 45.0 Å². The lowest BCUT2D eigenvalue weighted by Crippen LogP contribution is -2.39. The summed E-state index contributed by atoms with van der Waals surface area (Å²) in [7, 11) is -3.86. The fraction of sp³-hybridized carbons (Fsp3) is 0.259. The van der Waals surface area contributed by atoms with Gasteiger partial charge in [0.15, 0.2) is 0 Å². The minimum absolute atomic E-state index is 0.0556. The molecule has 2 amide bonds. The van der Waals surface area contributed by atoms with E-state index in [1.54, 1.807) is 48.5 Å². The third-order valence-corrected chi connectivity index (χ3v) is 7.91. The van der Waals surface area contributed by atoms with Gasteiger partial charge >= 0.3 is 0 Å². The summed E-state index contributed by atoms with van der Waals surface area (Å²) in [4.78, 5) is 25.8. The number of sulfonamides is 1. The van der Waals surface area contributed by atoms with Crippen LogP contribution < -0.4 is 15.8 Å². The molecule has 0 aromatic heterocycles. The lowest BCUT2D eigenvalue weighted by atomic mass is 9.94. The molecule has 0 heterocycles. The molecule has 7 nitrogen and oxygen atoms in total. The van der Waals surface area contributed by atoms with Gasteiger partial charge in [0.25, 0.3) is 0 Å². The molecule has 0 bridgehead atoms. The Morgan fingerprint density at radius 3 is 1.92 bits per heavy atom. The number of benzene rings is 3. The summed E-state index contributed by atoms with van der Waals surface area (Å²) in [5.41, 5.74) is 2.86. The number of nitrogens with one attached hydrogen (secondary N) is 2. The Labute approximate surface area is 226 Å². The maximum Gasteiger partial charge on any atom is 0.238 e. The zero-order chi connectivity index (χ0) is 26.6. The van der Waals surface area contributed by atoms with Crippen LogP contribution in [0.2, 0.25) is 10.0 Å². The van der Waals surface area contributed by atoms with Gasteiger partial charge in [-0.25, -0.2) is 13.6 Å². The van der Waals surface area contributed by atoms with Crippen LogP contribution in [0.15, 0.2) is 71.6 Å². The van der Waals surface area contributed by atoms with Crippen molar-refractivity contribution in [2.75, 3.05) is 0 Å². The number of halogens is 2. The van der Waals surface area contributed by atoms with Crippen LogP contribution in [-0.4, -0.2) is 20.2 Å². The van der Waals surface area contributed by atoms with E-state index in [0.29, 0.717) is 40.6 Å². The summed E-state index contributed by atoms with van der Waals surface area (Å²) in [6.45, 7) is 0.576. The Hall–Kier alpha value is -2.91. The molecule has 37 heavy (non-hydrogen) atoms. The second kappa shape index (κ2) is 11.6. The van der Waals surface area contributed by atoms with E-state index in [9.17, 15) is 18.0 Å². The molecule has 1 saturated carbocycles. The molecule has 3 aromatic rings. The van der Waals surface area contributed by atoms with E-state index >= 15 is 0 Å². The van der Waals surface area contributed by atoms with Crippen LogP contribution in [-0.2, 0) is 32.7 Å². The summed E-state index contributed by atoms with van der Waals surface area (Å²) in [6, 6.07) is 18.9. The molecule has 0 spiro atoms. The lowest BCUT2D eigenvalue weighted by molar-refractivity contribution is -0.133. The standard InChI is InChI=1S/C27H27Cl2N3O4S/c28-20-12-18(13-21(29)14-20)16-32-27(34)24-6-3-5-23(24)26(33)31-15-17-8-10-19(11-9-17)22-4-1-2-7-25(22)37(30,35)36/h1-2,4,7-14,23-24H,3,5-6,15-16H2,(H,31,33)(H,32,34)(H2,30,35,36). The second-order valence-electron chi connectivity index (χ2n) is 9.10. The molecule has 4 N–H and O–H groups in total. The molecule has 2 atom stereocenters. The van der Waals surface area contributed by atoms with E-state index in [4.69, 9.17) is 28.3 Å². The summed E-state index contributed by atoms with van der Waals surface area (Å²) >= 11 is 12.1. The molecule has 1 fully saturated rings. The van der Waals surface area contributed by atoms with Crippen LogP contribution in [0.1, 0.15) is 30.4 Å². The summed E-state index contributed by atoms with van der Waals surface area (Å²) in [6.07, 6.45) is 2.10. The Bertz CT molecular complexity index is 1390. The molecule has 10 heteroatoms. The van der Waals surface area contributed by atoms with E-state index in [1.165, 1.54) is 6.07 Å². The highest BCUT2D eigenvalue weighted by atomic mass is 35.5. The molecule has 4 rings (SSSR count). The lowest BCUT2D eigenvalue weighted by Gasteiger charge is -2.19. The van der Waals surface area contributed by atoms with Gasteiger partial charge in [0.1, 0.15) is 0 Å². The first-order valence-corrected chi connectivity index (χ1v) is 14.1. The Kier molecular flexibility index (Phi) is 8.54. The van der Waals surface area contributed by atoms with Gasteiger partial charge in [-0.2, -0.15) is 0 Å². The molecule has 0 saturated heterocycles. The summed E-state index contributed by atoms with van der Waals surface area (Å²) < 4.78 is 23.8. The van der Waals surface area contributed by atoms with Crippen LogP contribution in [0.4, 0.5) is 0 Å². The van der Waals surface area contributed by atoms with E-state index in [0.717, 1.165) is 17.5 Å². The number of nitrogens with two attached hydrogens (primary N) is 1. The fourth-order valence-corrected chi connectivity index (χ4v) is 6.03. The molecule has 1 aliphatic rings. The summed E-state index contributed by atoms with van der Waals surface area (Å²) in [5, 5.41) is 12.2. The highest BCUT2D eigenvalue weighted by molar-refractivity contribution is 7.89. The van der Waals surface area contributed by atoms with E-state index in [2.05, 4.69) is 10.6 Å². The Balaban J connectivity index is 1.35. The van der Waals surface area contributed by atoms with Gasteiger partial charge in [-0.3, -0.25) is 9.59 Å². The van der Waals surface area contributed by atoms with Gasteiger partial charge in [0.2, 0.25) is 21.8 Å². The number of carbonyl (C=O) groups is 2. The molecule has 1 aliphatic carbocycles. The molecule has 194 valence electrons. The third kappa shape index (κ3) is 6.90. The molecular formula is C27H27Cl2N3O4S. The van der Waals surface area contributed by atoms with Crippen molar-refractivity contribution in [3.63, 3.8) is 0 Å². The topological polar surface area (TPSA) is 118 Å². The maximum atomic E-state index is 12.9. The Morgan fingerprint density at radius 1 is 0.811 bits per heavy atom. The van der Waals surface area contributed by atoms with E-state index in [-0.39, 0.29) is 23.3 Å². The predicted molar refractivity (Wildman–Crippen MR) is 144 cm³/mol. The fourth-order valence-electron chi connectivity index (χ4n) is 4.70. The largest absolute Gasteiger partial charge is 0.352 e. The van der Waals surface area contributed by atoms with Crippen molar-refractivity contribution in [2.24, 2.45) is 17.0 Å². The SMILES string of the molecule is NS(=O)(=O)c1ccccc1-c1ccc(CNC(=O)C2CCCC2C(=O)NCc2cc(Cl)cc(Cl)c2)cc1. The molecular weight excluding hydrogens is 533 g/mol. The third-order valence-electron chi connectivity index (χ3n) is 6.50. The van der Waals surface area contributed by atoms with Crippen LogP contribution >= 0.6 is 23.2 Å². The average molecular weight is 561 g/mol. The number of rotatable bonds is 8. The van der Waals surface area contributed by atoms with Gasteiger partial charge in [-0.1, -0.05) is 72.1 Å². The van der Waals surface area contributed by atoms with Crippen molar-refractivity contribution < 1.29 is 18.0 Å². The second-order valence-corrected chi connectivity index (χ2v) is 11.5. The van der Waals surface area contributed by atoms with Crippen LogP contribution in [0.25, 0.3) is 11.1 Å². The minimum atomic E-state index is -3.86. The van der Waals surface area contributed by atoms with Crippen molar-refractivity contribution in [3.8, 4) is 11.1 Å².